The first-order valence-corrected chi connectivity index (χ1v) is 8.39. The summed E-state index contributed by atoms with van der Waals surface area (Å²) in [6.45, 7) is -0.286. The average molecular weight is 399 g/mol. The van der Waals surface area contributed by atoms with E-state index >= 15 is 0 Å². The summed E-state index contributed by atoms with van der Waals surface area (Å²) < 4.78 is 11.0. The highest BCUT2D eigenvalue weighted by Gasteiger charge is 2.30. The molecular formula is C16H19BrN2O5. The van der Waals surface area contributed by atoms with E-state index in [1.54, 1.807) is 18.2 Å². The molecule has 7 nitrogen and oxygen atoms in total. The average Bonchev–Trinajstić information content (AvgIpc) is 2.58. The molecule has 1 fully saturated rings. The number of piperidine rings is 1. The van der Waals surface area contributed by atoms with Gasteiger partial charge in [0.05, 0.1) is 0 Å². The number of halogens is 1. The standard InChI is InChI=1S/C16H19BrN2O5/c17-11-4-3-5-12(8-11)23-10-15(21)24-9-14(20)19-7-2-1-6-13(19)16(18)22/h3-5,8,13H,1-2,6-7,9-10H2,(H2,18,22)/t13-/m1/s1. The molecule has 1 aromatic carbocycles. The molecule has 8 heteroatoms. The van der Waals surface area contributed by atoms with Crippen LogP contribution in [0, 0.1) is 0 Å². The lowest BCUT2D eigenvalue weighted by molar-refractivity contribution is -0.156. The third-order valence-corrected chi connectivity index (χ3v) is 4.15. The molecule has 2 N–H and O–H groups in total. The van der Waals surface area contributed by atoms with Gasteiger partial charge in [-0.1, -0.05) is 22.0 Å². The van der Waals surface area contributed by atoms with Crippen LogP contribution in [0.4, 0.5) is 0 Å². The maximum Gasteiger partial charge on any atom is 0.344 e. The quantitative estimate of drug-likeness (QED) is 0.726. The van der Waals surface area contributed by atoms with Crippen molar-refractivity contribution in [1.29, 1.82) is 0 Å². The van der Waals surface area contributed by atoms with E-state index in [1.165, 1.54) is 4.90 Å². The van der Waals surface area contributed by atoms with Crippen molar-refractivity contribution in [3.05, 3.63) is 28.7 Å². The van der Waals surface area contributed by atoms with Crippen molar-refractivity contribution in [2.24, 2.45) is 5.73 Å². The normalized spacial score (nSPS) is 17.2. The number of likely N-dealkylation sites (tertiary alicyclic amines) is 1. The van der Waals surface area contributed by atoms with Crippen LogP contribution in [0.3, 0.4) is 0 Å². The van der Waals surface area contributed by atoms with Gasteiger partial charge in [0.1, 0.15) is 11.8 Å². The van der Waals surface area contributed by atoms with Gasteiger partial charge in [-0.25, -0.2) is 4.79 Å². The third kappa shape index (κ3) is 5.23. The number of amides is 2. The van der Waals surface area contributed by atoms with Crippen LogP contribution in [-0.4, -0.2) is 48.5 Å². The summed E-state index contributed by atoms with van der Waals surface area (Å²) in [6, 6.07) is 6.40. The van der Waals surface area contributed by atoms with Crippen LogP contribution in [0.2, 0.25) is 0 Å². The number of nitrogens with two attached hydrogens (primary N) is 1. The molecule has 0 bridgehead atoms. The molecule has 0 spiro atoms. The van der Waals surface area contributed by atoms with Crippen LogP contribution < -0.4 is 10.5 Å². The molecule has 2 amide bonds. The first-order chi connectivity index (χ1) is 11.5. The van der Waals surface area contributed by atoms with Gasteiger partial charge in [0.2, 0.25) is 5.91 Å². The van der Waals surface area contributed by atoms with Crippen LogP contribution in [0.5, 0.6) is 5.75 Å². The van der Waals surface area contributed by atoms with Gasteiger partial charge in [-0.3, -0.25) is 9.59 Å². The van der Waals surface area contributed by atoms with Gasteiger partial charge in [0.15, 0.2) is 13.2 Å². The Bertz CT molecular complexity index is 622. The Kier molecular flexibility index (Phi) is 6.60. The van der Waals surface area contributed by atoms with Gasteiger partial charge in [-0.15, -0.1) is 0 Å². The largest absolute Gasteiger partial charge is 0.482 e. The minimum atomic E-state index is -0.657. The zero-order valence-electron chi connectivity index (χ0n) is 13.1. The van der Waals surface area contributed by atoms with E-state index in [4.69, 9.17) is 15.2 Å². The summed E-state index contributed by atoms with van der Waals surface area (Å²) in [5, 5.41) is 0. The van der Waals surface area contributed by atoms with E-state index in [9.17, 15) is 14.4 Å². The smallest absolute Gasteiger partial charge is 0.344 e. The Balaban J connectivity index is 1.78. The third-order valence-electron chi connectivity index (χ3n) is 3.66. The van der Waals surface area contributed by atoms with Crippen LogP contribution >= 0.6 is 15.9 Å². The minimum absolute atomic E-state index is 0.303. The van der Waals surface area contributed by atoms with Crippen molar-refractivity contribution in [2.75, 3.05) is 19.8 Å². The number of carbonyl (C=O) groups is 3. The molecule has 1 aromatic rings. The first kappa shape index (κ1) is 18.3. The van der Waals surface area contributed by atoms with E-state index in [0.717, 1.165) is 17.3 Å². The summed E-state index contributed by atoms with van der Waals surface area (Å²) in [5.41, 5.74) is 5.31. The fourth-order valence-corrected chi connectivity index (χ4v) is 2.87. The molecule has 1 atom stereocenters. The van der Waals surface area contributed by atoms with Crippen molar-refractivity contribution in [1.82, 2.24) is 4.90 Å². The molecule has 0 unspecified atom stereocenters. The number of hydrogen-bond acceptors (Lipinski definition) is 5. The van der Waals surface area contributed by atoms with Gasteiger partial charge in [0.25, 0.3) is 5.91 Å². The fraction of sp³-hybridized carbons (Fsp3) is 0.438. The van der Waals surface area contributed by atoms with Crippen LogP contribution in [0.25, 0.3) is 0 Å². The number of carbonyl (C=O) groups excluding carboxylic acids is 3. The second-order valence-corrected chi connectivity index (χ2v) is 6.32. The zero-order valence-corrected chi connectivity index (χ0v) is 14.7. The minimum Gasteiger partial charge on any atom is -0.482 e. The van der Waals surface area contributed by atoms with Crippen molar-refractivity contribution in [3.8, 4) is 5.75 Å². The maximum atomic E-state index is 12.1. The van der Waals surface area contributed by atoms with Gasteiger partial charge in [-0.2, -0.15) is 0 Å². The molecule has 1 saturated heterocycles. The van der Waals surface area contributed by atoms with Crippen molar-refractivity contribution in [2.45, 2.75) is 25.3 Å². The van der Waals surface area contributed by atoms with Crippen LogP contribution in [-0.2, 0) is 19.1 Å². The molecule has 0 aliphatic carbocycles. The molecule has 1 aliphatic heterocycles. The number of rotatable bonds is 6. The highest BCUT2D eigenvalue weighted by molar-refractivity contribution is 9.10. The zero-order chi connectivity index (χ0) is 17.5. The topological polar surface area (TPSA) is 98.9 Å². The fourth-order valence-electron chi connectivity index (χ4n) is 2.49. The number of primary amides is 1. The van der Waals surface area contributed by atoms with E-state index in [0.29, 0.717) is 18.7 Å². The molecule has 1 aliphatic rings. The monoisotopic (exact) mass is 398 g/mol. The molecule has 0 radical (unpaired) electrons. The van der Waals surface area contributed by atoms with Gasteiger partial charge < -0.3 is 20.1 Å². The Morgan fingerprint density at radius 3 is 2.75 bits per heavy atom. The lowest BCUT2D eigenvalue weighted by Gasteiger charge is -2.33. The van der Waals surface area contributed by atoms with Crippen LogP contribution in [0.15, 0.2) is 28.7 Å². The van der Waals surface area contributed by atoms with Crippen molar-refractivity contribution in [3.63, 3.8) is 0 Å². The molecule has 2 rings (SSSR count). The summed E-state index contributed by atoms with van der Waals surface area (Å²) in [5.74, 6) is -1.10. The Hall–Kier alpha value is -2.09. The van der Waals surface area contributed by atoms with Crippen LogP contribution in [0.1, 0.15) is 19.3 Å². The predicted molar refractivity (Wildman–Crippen MR) is 89.1 cm³/mol. The SMILES string of the molecule is NC(=O)[C@H]1CCCCN1C(=O)COC(=O)COc1cccc(Br)c1. The van der Waals surface area contributed by atoms with E-state index in [1.807, 2.05) is 6.07 Å². The lowest BCUT2D eigenvalue weighted by atomic mass is 10.0. The van der Waals surface area contributed by atoms with E-state index in [-0.39, 0.29) is 6.61 Å². The van der Waals surface area contributed by atoms with E-state index < -0.39 is 30.4 Å². The molecule has 130 valence electrons. The summed E-state index contributed by atoms with van der Waals surface area (Å²) in [4.78, 5) is 36.6. The molecular weight excluding hydrogens is 380 g/mol. The summed E-state index contributed by atoms with van der Waals surface area (Å²) in [6.07, 6.45) is 2.19. The highest BCUT2D eigenvalue weighted by atomic mass is 79.9. The lowest BCUT2D eigenvalue weighted by Crippen LogP contribution is -2.51. The number of esters is 1. The second-order valence-electron chi connectivity index (χ2n) is 5.41. The number of nitrogens with zero attached hydrogens (tertiary/aromatic N) is 1. The second kappa shape index (κ2) is 8.68. The Morgan fingerprint density at radius 2 is 2.04 bits per heavy atom. The maximum absolute atomic E-state index is 12.1. The van der Waals surface area contributed by atoms with E-state index in [2.05, 4.69) is 15.9 Å². The van der Waals surface area contributed by atoms with Gasteiger partial charge in [-0.05, 0) is 37.5 Å². The van der Waals surface area contributed by atoms with Gasteiger partial charge >= 0.3 is 5.97 Å². The summed E-state index contributed by atoms with van der Waals surface area (Å²) >= 11 is 3.30. The predicted octanol–water partition coefficient (Wildman–Crippen LogP) is 1.24. The first-order valence-electron chi connectivity index (χ1n) is 7.60. The Labute approximate surface area is 148 Å². The molecule has 0 aromatic heterocycles. The highest BCUT2D eigenvalue weighted by Crippen LogP contribution is 2.18. The van der Waals surface area contributed by atoms with Crippen molar-refractivity contribution >= 4 is 33.7 Å². The molecule has 24 heavy (non-hydrogen) atoms. The van der Waals surface area contributed by atoms with Crippen molar-refractivity contribution < 1.29 is 23.9 Å². The number of benzene rings is 1. The number of hydrogen-bond donors (Lipinski definition) is 1. The van der Waals surface area contributed by atoms with Gasteiger partial charge in [0, 0.05) is 11.0 Å². The number of ether oxygens (including phenoxy) is 2. The Morgan fingerprint density at radius 1 is 1.25 bits per heavy atom. The molecule has 1 heterocycles. The summed E-state index contributed by atoms with van der Waals surface area (Å²) in [7, 11) is 0. The molecule has 0 saturated carbocycles.